The Morgan fingerprint density at radius 1 is 0.679 bits per heavy atom. The second-order valence-corrected chi connectivity index (χ2v) is 9.68. The summed E-state index contributed by atoms with van der Waals surface area (Å²) in [6.45, 7) is 12.8. The van der Waals surface area contributed by atoms with Crippen molar-refractivity contribution in [3.05, 3.63) is 82.9 Å². The first-order valence-corrected chi connectivity index (χ1v) is 10.3. The van der Waals surface area contributed by atoms with Gasteiger partial charge in [-0.1, -0.05) is 37.1 Å². The Balaban J connectivity index is 0.000000415. The van der Waals surface area contributed by atoms with E-state index >= 15 is 0 Å². The van der Waals surface area contributed by atoms with Crippen molar-refractivity contribution in [1.82, 2.24) is 0 Å². The molecule has 0 spiro atoms. The maximum absolute atomic E-state index is 2.24. The van der Waals surface area contributed by atoms with Crippen LogP contribution < -0.4 is 24.8 Å². The summed E-state index contributed by atoms with van der Waals surface area (Å²) in [5, 5.41) is 5.51. The molecule has 0 aliphatic rings. The standard InChI is InChI=1S/2C11H11.C3H6.2ClH.Zr/c2*1-8-6-10-5-3-4-9(2)11(10)7-8;1-3-2;;;/h2*3-7H,1-2H3;1-2H3;2*1H;/q2*-1;;;;+2/p-2. The van der Waals surface area contributed by atoms with E-state index in [1.165, 1.54) is 47.0 Å². The van der Waals surface area contributed by atoms with Gasteiger partial charge in [-0.2, -0.15) is 12.1 Å². The number of hydrogen-bond donors (Lipinski definition) is 0. The van der Waals surface area contributed by atoms with Crippen LogP contribution in [-0.2, 0) is 24.2 Å². The molecule has 0 amide bonds. The van der Waals surface area contributed by atoms with E-state index in [1.54, 1.807) is 24.2 Å². The quantitative estimate of drug-likeness (QED) is 0.324. The molecule has 0 aliphatic carbocycles. The predicted molar refractivity (Wildman–Crippen MR) is 114 cm³/mol. The summed E-state index contributed by atoms with van der Waals surface area (Å²) >= 11 is 1.55. The zero-order valence-corrected chi connectivity index (χ0v) is 21.5. The summed E-state index contributed by atoms with van der Waals surface area (Å²) < 4.78 is 1.51. The third-order valence-electron chi connectivity index (χ3n) is 4.23. The van der Waals surface area contributed by atoms with Crippen LogP contribution in [0.25, 0.3) is 21.5 Å². The van der Waals surface area contributed by atoms with Crippen molar-refractivity contribution in [1.29, 1.82) is 0 Å². The van der Waals surface area contributed by atoms with Crippen molar-refractivity contribution >= 4 is 24.8 Å². The van der Waals surface area contributed by atoms with E-state index in [2.05, 4.69) is 102 Å². The molecule has 4 rings (SSSR count). The molecule has 0 atom stereocenters. The Bertz CT molecular complexity index is 940. The molecule has 0 nitrogen and oxygen atoms in total. The van der Waals surface area contributed by atoms with Gasteiger partial charge in [0.1, 0.15) is 0 Å². The summed E-state index contributed by atoms with van der Waals surface area (Å²) in [4.78, 5) is 0. The molecule has 4 aromatic carbocycles. The summed E-state index contributed by atoms with van der Waals surface area (Å²) in [6.07, 6.45) is 0. The minimum atomic E-state index is 0. The van der Waals surface area contributed by atoms with Gasteiger partial charge in [-0.15, -0.1) is 69.1 Å². The Morgan fingerprint density at radius 2 is 1.00 bits per heavy atom. The number of aryl methyl sites for hydroxylation is 4. The maximum Gasteiger partial charge on any atom is -0.0488 e. The molecule has 0 N–H and O–H groups in total. The molecule has 0 fully saturated rings. The van der Waals surface area contributed by atoms with Gasteiger partial charge in [-0.05, 0) is 13.8 Å². The fourth-order valence-corrected chi connectivity index (χ4v) is 3.08. The van der Waals surface area contributed by atoms with E-state index in [0.29, 0.717) is 0 Å². The molecule has 3 heteroatoms. The topological polar surface area (TPSA) is 0 Å². The van der Waals surface area contributed by atoms with Gasteiger partial charge in [0, 0.05) is 0 Å². The van der Waals surface area contributed by atoms with Crippen LogP contribution in [0, 0.1) is 27.7 Å². The van der Waals surface area contributed by atoms with E-state index in [4.69, 9.17) is 0 Å². The molecule has 148 valence electrons. The molecular weight excluding hydrogens is 462 g/mol. The van der Waals surface area contributed by atoms with Crippen LogP contribution in [0.15, 0.2) is 60.7 Å². The molecule has 0 aliphatic heterocycles. The fraction of sp³-hybridized carbons (Fsp3) is 0.240. The third kappa shape index (κ3) is 7.78. The molecule has 0 saturated heterocycles. The van der Waals surface area contributed by atoms with E-state index in [0.717, 1.165) is 0 Å². The Morgan fingerprint density at radius 3 is 1.29 bits per heavy atom. The van der Waals surface area contributed by atoms with E-state index in [1.807, 2.05) is 0 Å². The normalized spacial score (nSPS) is 9.43. The van der Waals surface area contributed by atoms with Gasteiger partial charge >= 0.3 is 41.3 Å². The zero-order valence-electron chi connectivity index (χ0n) is 17.5. The van der Waals surface area contributed by atoms with Crippen molar-refractivity contribution < 1.29 is 49.0 Å². The maximum atomic E-state index is 2.24. The molecule has 0 aromatic heterocycles. The van der Waals surface area contributed by atoms with Crippen LogP contribution >= 0.6 is 0 Å². The predicted octanol–water partition coefficient (Wildman–Crippen LogP) is 1.10. The van der Waals surface area contributed by atoms with E-state index in [-0.39, 0.29) is 24.8 Å². The number of benzene rings is 2. The van der Waals surface area contributed by atoms with Gasteiger partial charge in [-0.25, -0.2) is 0 Å². The van der Waals surface area contributed by atoms with Crippen molar-refractivity contribution in [3.63, 3.8) is 0 Å². The minimum Gasteiger partial charge on any atom is -1.00 e. The molecule has 4 aromatic rings. The molecule has 0 radical (unpaired) electrons. The second-order valence-electron chi connectivity index (χ2n) is 7.22. The summed E-state index contributed by atoms with van der Waals surface area (Å²) in [7, 11) is 0. The van der Waals surface area contributed by atoms with Crippen molar-refractivity contribution in [2.75, 3.05) is 0 Å². The van der Waals surface area contributed by atoms with Gasteiger partial charge in [0.05, 0.1) is 0 Å². The Labute approximate surface area is 197 Å². The molecule has 0 bridgehead atoms. The molecular formula is C25H28Cl2Zr-2. The second kappa shape index (κ2) is 12.5. The van der Waals surface area contributed by atoms with E-state index < -0.39 is 0 Å². The number of rotatable bonds is 0. The van der Waals surface area contributed by atoms with Crippen molar-refractivity contribution in [2.45, 2.75) is 41.5 Å². The Hall–Kier alpha value is -1.01. The molecule has 0 unspecified atom stereocenters. The summed E-state index contributed by atoms with van der Waals surface area (Å²) in [5.74, 6) is 0. The largest absolute Gasteiger partial charge is 1.00 e. The van der Waals surface area contributed by atoms with Crippen molar-refractivity contribution in [2.24, 2.45) is 0 Å². The number of fused-ring (bicyclic) bond motifs is 2. The van der Waals surface area contributed by atoms with Crippen LogP contribution in [-0.4, -0.2) is 3.21 Å². The van der Waals surface area contributed by atoms with Gasteiger partial charge in [-0.3, -0.25) is 0 Å². The third-order valence-corrected chi connectivity index (χ3v) is 4.23. The average Bonchev–Trinajstić information content (AvgIpc) is 3.11. The van der Waals surface area contributed by atoms with Crippen LogP contribution in [0.2, 0.25) is 0 Å². The van der Waals surface area contributed by atoms with Gasteiger partial charge < -0.3 is 24.8 Å². The van der Waals surface area contributed by atoms with Crippen LogP contribution in [0.4, 0.5) is 0 Å². The number of halogens is 2. The minimum absolute atomic E-state index is 0. The first-order valence-electron chi connectivity index (χ1n) is 9.05. The molecule has 28 heavy (non-hydrogen) atoms. The fourth-order valence-electron chi connectivity index (χ4n) is 3.08. The van der Waals surface area contributed by atoms with Crippen LogP contribution in [0.3, 0.4) is 0 Å². The Kier molecular flexibility index (Phi) is 12.1. The molecule has 0 heterocycles. The summed E-state index contributed by atoms with van der Waals surface area (Å²) in [6, 6.07) is 21.8. The van der Waals surface area contributed by atoms with E-state index in [9.17, 15) is 0 Å². The monoisotopic (exact) mass is 488 g/mol. The van der Waals surface area contributed by atoms with Crippen LogP contribution in [0.1, 0.15) is 36.1 Å². The first kappa shape index (κ1) is 27.0. The van der Waals surface area contributed by atoms with Gasteiger partial charge in [0.2, 0.25) is 0 Å². The van der Waals surface area contributed by atoms with Crippen LogP contribution in [0.5, 0.6) is 0 Å². The smallest absolute Gasteiger partial charge is 0.0488 e. The van der Waals surface area contributed by atoms with Gasteiger partial charge in [0.15, 0.2) is 0 Å². The zero-order chi connectivity index (χ0) is 19.3. The first-order chi connectivity index (χ1) is 12.3. The average molecular weight is 491 g/mol. The van der Waals surface area contributed by atoms with Gasteiger partial charge in [0.25, 0.3) is 0 Å². The SMILES string of the molecule is C[C](C)=[Zr+2].Cc1cc2c(C)cccc2[cH-]1.Cc1cc2c(C)cccc2[cH-]1.[Cl-].[Cl-]. The number of hydrogen-bond acceptors (Lipinski definition) is 0. The summed E-state index contributed by atoms with van der Waals surface area (Å²) in [5.41, 5.74) is 5.45. The van der Waals surface area contributed by atoms with Crippen molar-refractivity contribution in [3.8, 4) is 0 Å². The molecule has 0 saturated carbocycles.